The molecule has 0 spiro atoms. The highest BCUT2D eigenvalue weighted by Crippen LogP contribution is 2.19. The summed E-state index contributed by atoms with van der Waals surface area (Å²) in [6, 6.07) is 14.2. The van der Waals surface area contributed by atoms with Gasteiger partial charge < -0.3 is 0 Å². The summed E-state index contributed by atoms with van der Waals surface area (Å²) in [6.07, 6.45) is 4.00. The number of imidazole rings is 1. The van der Waals surface area contributed by atoms with Crippen molar-refractivity contribution in [2.24, 2.45) is 5.10 Å². The fraction of sp³-hybridized carbons (Fsp3) is 0.105. The van der Waals surface area contributed by atoms with Crippen molar-refractivity contribution in [3.63, 3.8) is 0 Å². The van der Waals surface area contributed by atoms with Gasteiger partial charge in [0.05, 0.1) is 17.8 Å². The van der Waals surface area contributed by atoms with Crippen LogP contribution in [0.2, 0.25) is 0 Å². The molecule has 0 fully saturated rings. The van der Waals surface area contributed by atoms with Crippen molar-refractivity contribution in [2.75, 3.05) is 0 Å². The molecule has 1 N–H and O–H groups in total. The molecule has 6 heteroatoms. The Labute approximate surface area is 148 Å². The van der Waals surface area contributed by atoms with Gasteiger partial charge in [-0.3, -0.25) is 9.20 Å². The lowest BCUT2D eigenvalue weighted by Gasteiger charge is -2.06. The normalized spacial score (nSPS) is 12.0. The van der Waals surface area contributed by atoms with Gasteiger partial charge in [0.25, 0.3) is 0 Å². The number of aromatic nitrogens is 2. The van der Waals surface area contributed by atoms with Crippen molar-refractivity contribution in [1.82, 2.24) is 14.8 Å². The number of carbonyl (C=O) groups excluding carboxylic acids is 1. The Hall–Kier alpha value is -2.99. The van der Waals surface area contributed by atoms with E-state index in [4.69, 9.17) is 0 Å². The molecule has 0 unspecified atom stereocenters. The summed E-state index contributed by atoms with van der Waals surface area (Å²) in [6.45, 7) is 1.90. The first-order valence-corrected chi connectivity index (χ1v) is 8.81. The number of fused-ring (bicyclic) bond motifs is 2. The van der Waals surface area contributed by atoms with Gasteiger partial charge in [0.2, 0.25) is 5.91 Å². The highest BCUT2D eigenvalue weighted by Gasteiger charge is 2.09. The molecule has 0 bridgehead atoms. The van der Waals surface area contributed by atoms with Crippen molar-refractivity contribution >= 4 is 38.7 Å². The van der Waals surface area contributed by atoms with Gasteiger partial charge in [-0.05, 0) is 17.7 Å². The van der Waals surface area contributed by atoms with Crippen LogP contribution in [0.15, 0.2) is 65.3 Å². The van der Waals surface area contributed by atoms with Crippen LogP contribution in [0.5, 0.6) is 0 Å². The smallest absolute Gasteiger partial charge is 0.246 e. The van der Waals surface area contributed by atoms with Gasteiger partial charge >= 0.3 is 0 Å². The molecule has 0 radical (unpaired) electrons. The van der Waals surface area contributed by atoms with E-state index in [1.807, 2.05) is 53.4 Å². The lowest BCUT2D eigenvalue weighted by atomic mass is 10.0. The second kappa shape index (κ2) is 6.49. The molecular formula is C19H16N4OS. The Morgan fingerprint density at radius 2 is 2.08 bits per heavy atom. The standard InChI is InChI=1S/C19H16N4OS/c1-13(16-8-4-6-14-5-2-3-7-17(14)16)21-22-18(24)11-15-12-23-9-10-25-19(23)20-15/h2-10,12H,11H2,1H3,(H,22,24). The lowest BCUT2D eigenvalue weighted by Crippen LogP contribution is -2.21. The number of amides is 1. The molecule has 0 saturated carbocycles. The molecule has 4 aromatic rings. The molecule has 25 heavy (non-hydrogen) atoms. The van der Waals surface area contributed by atoms with Gasteiger partial charge in [-0.25, -0.2) is 10.4 Å². The zero-order valence-electron chi connectivity index (χ0n) is 13.6. The fourth-order valence-electron chi connectivity index (χ4n) is 2.81. The number of thiazole rings is 1. The molecule has 1 amide bonds. The minimum Gasteiger partial charge on any atom is -0.297 e. The maximum Gasteiger partial charge on any atom is 0.246 e. The van der Waals surface area contributed by atoms with Crippen LogP contribution in [0.25, 0.3) is 15.7 Å². The summed E-state index contributed by atoms with van der Waals surface area (Å²) in [5.41, 5.74) is 5.16. The highest BCUT2D eigenvalue weighted by atomic mass is 32.1. The Balaban J connectivity index is 1.50. The number of rotatable bonds is 4. The first kappa shape index (κ1) is 15.5. The SMILES string of the molecule is CC(=NNC(=O)Cc1cn2ccsc2n1)c1cccc2ccccc12. The number of hydrogen-bond acceptors (Lipinski definition) is 4. The van der Waals surface area contributed by atoms with E-state index in [-0.39, 0.29) is 12.3 Å². The van der Waals surface area contributed by atoms with Crippen LogP contribution < -0.4 is 5.43 Å². The minimum atomic E-state index is -0.176. The maximum atomic E-state index is 12.1. The number of benzene rings is 2. The molecule has 2 aromatic carbocycles. The third kappa shape index (κ3) is 3.16. The van der Waals surface area contributed by atoms with Crippen LogP contribution in [0.3, 0.4) is 0 Å². The quantitative estimate of drug-likeness (QED) is 0.452. The monoisotopic (exact) mass is 348 g/mol. The summed E-state index contributed by atoms with van der Waals surface area (Å²) in [5.74, 6) is -0.176. The van der Waals surface area contributed by atoms with E-state index in [1.165, 1.54) is 0 Å². The second-order valence-electron chi connectivity index (χ2n) is 5.76. The predicted octanol–water partition coefficient (Wildman–Crippen LogP) is 3.63. The summed E-state index contributed by atoms with van der Waals surface area (Å²) in [5, 5.41) is 8.50. The lowest BCUT2D eigenvalue weighted by molar-refractivity contribution is -0.120. The van der Waals surface area contributed by atoms with E-state index in [2.05, 4.69) is 33.7 Å². The molecule has 2 aromatic heterocycles. The summed E-state index contributed by atoms with van der Waals surface area (Å²) >= 11 is 1.54. The van der Waals surface area contributed by atoms with Crippen LogP contribution in [-0.4, -0.2) is 21.0 Å². The van der Waals surface area contributed by atoms with Crippen molar-refractivity contribution in [2.45, 2.75) is 13.3 Å². The van der Waals surface area contributed by atoms with Crippen molar-refractivity contribution < 1.29 is 4.79 Å². The maximum absolute atomic E-state index is 12.1. The van der Waals surface area contributed by atoms with Crippen LogP contribution in [0, 0.1) is 0 Å². The summed E-state index contributed by atoms with van der Waals surface area (Å²) in [7, 11) is 0. The van der Waals surface area contributed by atoms with Crippen molar-refractivity contribution in [3.05, 3.63) is 71.5 Å². The molecule has 0 aliphatic heterocycles. The van der Waals surface area contributed by atoms with Crippen molar-refractivity contribution in [3.8, 4) is 0 Å². The van der Waals surface area contributed by atoms with E-state index in [0.717, 1.165) is 32.7 Å². The molecule has 2 heterocycles. The average molecular weight is 348 g/mol. The number of nitrogens with one attached hydrogen (secondary N) is 1. The molecular weight excluding hydrogens is 332 g/mol. The van der Waals surface area contributed by atoms with Crippen molar-refractivity contribution in [1.29, 1.82) is 0 Å². The Morgan fingerprint density at radius 3 is 2.96 bits per heavy atom. The number of nitrogens with zero attached hydrogens (tertiary/aromatic N) is 3. The molecule has 0 atom stereocenters. The predicted molar refractivity (Wildman–Crippen MR) is 101 cm³/mol. The highest BCUT2D eigenvalue weighted by molar-refractivity contribution is 7.15. The van der Waals surface area contributed by atoms with Gasteiger partial charge in [-0.2, -0.15) is 5.10 Å². The first-order chi connectivity index (χ1) is 12.2. The first-order valence-electron chi connectivity index (χ1n) is 7.93. The van der Waals surface area contributed by atoms with Gasteiger partial charge in [0, 0.05) is 23.3 Å². The number of hydrogen-bond donors (Lipinski definition) is 1. The minimum absolute atomic E-state index is 0.176. The van der Waals surface area contributed by atoms with Gasteiger partial charge in [0.1, 0.15) is 0 Å². The number of carbonyl (C=O) groups is 1. The largest absolute Gasteiger partial charge is 0.297 e. The van der Waals surface area contributed by atoms with Gasteiger partial charge in [-0.15, -0.1) is 11.3 Å². The van der Waals surface area contributed by atoms with Crippen LogP contribution in [0.4, 0.5) is 0 Å². The summed E-state index contributed by atoms with van der Waals surface area (Å²) < 4.78 is 1.91. The molecule has 0 aliphatic rings. The molecule has 0 saturated heterocycles. The zero-order chi connectivity index (χ0) is 17.2. The molecule has 124 valence electrons. The molecule has 4 rings (SSSR count). The van der Waals surface area contributed by atoms with E-state index >= 15 is 0 Å². The van der Waals surface area contributed by atoms with Gasteiger partial charge in [-0.1, -0.05) is 42.5 Å². The summed E-state index contributed by atoms with van der Waals surface area (Å²) in [4.78, 5) is 17.4. The molecule has 5 nitrogen and oxygen atoms in total. The van der Waals surface area contributed by atoms with E-state index in [1.54, 1.807) is 11.3 Å². The van der Waals surface area contributed by atoms with Crippen LogP contribution in [-0.2, 0) is 11.2 Å². The Kier molecular flexibility index (Phi) is 4.03. The second-order valence-corrected chi connectivity index (χ2v) is 6.63. The molecule has 0 aliphatic carbocycles. The van der Waals surface area contributed by atoms with Crippen LogP contribution in [0.1, 0.15) is 18.2 Å². The van der Waals surface area contributed by atoms with E-state index in [0.29, 0.717) is 0 Å². The van der Waals surface area contributed by atoms with Crippen LogP contribution >= 0.6 is 11.3 Å². The topological polar surface area (TPSA) is 58.8 Å². The van der Waals surface area contributed by atoms with Gasteiger partial charge in [0.15, 0.2) is 4.96 Å². The zero-order valence-corrected chi connectivity index (χ0v) is 14.5. The fourth-order valence-corrected chi connectivity index (χ4v) is 3.53. The third-order valence-corrected chi connectivity index (χ3v) is 4.78. The van der Waals surface area contributed by atoms with E-state index < -0.39 is 0 Å². The Bertz CT molecular complexity index is 1060. The number of hydrazone groups is 1. The van der Waals surface area contributed by atoms with E-state index in [9.17, 15) is 4.79 Å². The average Bonchev–Trinajstić information content (AvgIpc) is 3.20. The third-order valence-electron chi connectivity index (χ3n) is 4.01. The Morgan fingerprint density at radius 1 is 1.24 bits per heavy atom.